The summed E-state index contributed by atoms with van der Waals surface area (Å²) in [5.41, 5.74) is -0.714. The van der Waals surface area contributed by atoms with Gasteiger partial charge in [-0.3, -0.25) is 4.90 Å². The molecule has 0 saturated carbocycles. The van der Waals surface area contributed by atoms with E-state index in [1.54, 1.807) is 20.8 Å². The quantitative estimate of drug-likeness (QED) is 0.743. The average Bonchev–Trinajstić information content (AvgIpc) is 2.44. The minimum atomic E-state index is -1.30. The van der Waals surface area contributed by atoms with Crippen molar-refractivity contribution in [3.05, 3.63) is 0 Å². The Morgan fingerprint density at radius 1 is 1.44 bits per heavy atom. The molecular formula is C10H16FNO4. The molecule has 0 radical (unpaired) electrons. The Balaban J connectivity index is 2.71. The fraction of sp³-hybridized carbons (Fsp3) is 0.800. The van der Waals surface area contributed by atoms with Gasteiger partial charge in [-0.1, -0.05) is 0 Å². The Morgan fingerprint density at radius 3 is 2.44 bits per heavy atom. The summed E-state index contributed by atoms with van der Waals surface area (Å²) in [4.78, 5) is 23.3. The lowest BCUT2D eigenvalue weighted by Gasteiger charge is -2.26. The van der Waals surface area contributed by atoms with Gasteiger partial charge in [0.1, 0.15) is 17.8 Å². The molecule has 1 heterocycles. The highest BCUT2D eigenvalue weighted by Crippen LogP contribution is 2.23. The number of alkyl halides is 1. The van der Waals surface area contributed by atoms with Crippen molar-refractivity contribution < 1.29 is 23.8 Å². The molecular weight excluding hydrogens is 217 g/mol. The fourth-order valence-electron chi connectivity index (χ4n) is 1.54. The zero-order valence-corrected chi connectivity index (χ0v) is 9.57. The molecule has 1 aliphatic heterocycles. The summed E-state index contributed by atoms with van der Waals surface area (Å²) in [5, 5.41) is 8.83. The summed E-state index contributed by atoms with van der Waals surface area (Å²) >= 11 is 0. The topological polar surface area (TPSA) is 66.8 Å². The van der Waals surface area contributed by atoms with Crippen molar-refractivity contribution in [2.24, 2.45) is 0 Å². The minimum absolute atomic E-state index is 0.172. The number of hydrogen-bond donors (Lipinski definition) is 1. The molecule has 1 rings (SSSR count). The van der Waals surface area contributed by atoms with Crippen LogP contribution in [-0.4, -0.2) is 46.4 Å². The first-order chi connectivity index (χ1) is 7.20. The first-order valence-electron chi connectivity index (χ1n) is 5.07. The third kappa shape index (κ3) is 3.08. The first kappa shape index (κ1) is 12.7. The summed E-state index contributed by atoms with van der Waals surface area (Å²) in [6.07, 6.45) is -2.25. The number of carboxylic acids is 1. The van der Waals surface area contributed by atoms with Crippen LogP contribution in [0.1, 0.15) is 27.2 Å². The largest absolute Gasteiger partial charge is 0.480 e. The van der Waals surface area contributed by atoms with Crippen LogP contribution in [0.3, 0.4) is 0 Å². The Hall–Kier alpha value is -1.33. The van der Waals surface area contributed by atoms with E-state index in [2.05, 4.69) is 0 Å². The van der Waals surface area contributed by atoms with Gasteiger partial charge in [0, 0.05) is 6.42 Å². The van der Waals surface area contributed by atoms with Crippen LogP contribution in [0.5, 0.6) is 0 Å². The molecule has 1 N–H and O–H groups in total. The van der Waals surface area contributed by atoms with Gasteiger partial charge in [-0.15, -0.1) is 0 Å². The number of amides is 1. The van der Waals surface area contributed by atoms with Gasteiger partial charge >= 0.3 is 12.1 Å². The summed E-state index contributed by atoms with van der Waals surface area (Å²) in [7, 11) is 0. The molecule has 92 valence electrons. The minimum Gasteiger partial charge on any atom is -0.480 e. The van der Waals surface area contributed by atoms with E-state index >= 15 is 0 Å². The second kappa shape index (κ2) is 4.27. The van der Waals surface area contributed by atoms with E-state index in [0.29, 0.717) is 0 Å². The smallest absolute Gasteiger partial charge is 0.411 e. The van der Waals surface area contributed by atoms with Crippen LogP contribution in [0, 0.1) is 0 Å². The Bertz CT molecular complexity index is 300. The molecule has 0 spiro atoms. The van der Waals surface area contributed by atoms with E-state index in [1.165, 1.54) is 0 Å². The van der Waals surface area contributed by atoms with Gasteiger partial charge in [0.15, 0.2) is 0 Å². The van der Waals surface area contributed by atoms with Crippen molar-refractivity contribution >= 4 is 12.1 Å². The van der Waals surface area contributed by atoms with Crippen LogP contribution in [0.25, 0.3) is 0 Å². The number of rotatable bonds is 1. The van der Waals surface area contributed by atoms with E-state index < -0.39 is 29.9 Å². The second-order valence-electron chi connectivity index (χ2n) is 4.82. The molecule has 1 fully saturated rings. The molecule has 0 bridgehead atoms. The van der Waals surface area contributed by atoms with Gasteiger partial charge in [-0.05, 0) is 20.8 Å². The lowest BCUT2D eigenvalue weighted by Crippen LogP contribution is -2.43. The lowest BCUT2D eigenvalue weighted by atomic mass is 10.2. The molecule has 0 aromatic rings. The van der Waals surface area contributed by atoms with Crippen molar-refractivity contribution in [1.82, 2.24) is 4.90 Å². The number of carbonyl (C=O) groups is 2. The van der Waals surface area contributed by atoms with Gasteiger partial charge in [0.05, 0.1) is 6.54 Å². The van der Waals surface area contributed by atoms with E-state index in [9.17, 15) is 14.0 Å². The molecule has 1 amide bonds. The summed E-state index contributed by atoms with van der Waals surface area (Å²) in [5.74, 6) is -1.20. The Labute approximate surface area is 93.2 Å². The number of carboxylic acid groups (broad SMARTS) is 1. The number of hydrogen-bond acceptors (Lipinski definition) is 3. The van der Waals surface area contributed by atoms with Crippen LogP contribution >= 0.6 is 0 Å². The third-order valence-corrected chi connectivity index (χ3v) is 2.16. The maximum Gasteiger partial charge on any atom is 0.411 e. The lowest BCUT2D eigenvalue weighted by molar-refractivity contribution is -0.142. The Morgan fingerprint density at radius 2 is 2.00 bits per heavy atom. The van der Waals surface area contributed by atoms with E-state index in [1.807, 2.05) is 0 Å². The second-order valence-corrected chi connectivity index (χ2v) is 4.82. The normalized spacial score (nSPS) is 25.6. The molecule has 16 heavy (non-hydrogen) atoms. The molecule has 5 nitrogen and oxygen atoms in total. The van der Waals surface area contributed by atoms with Crippen LogP contribution in [-0.2, 0) is 9.53 Å². The maximum atomic E-state index is 13.1. The van der Waals surface area contributed by atoms with Gasteiger partial charge in [0.25, 0.3) is 0 Å². The predicted octanol–water partition coefficient (Wildman–Crippen LogP) is 1.42. The standard InChI is InChI=1S/C10H16FNO4/c1-10(2,3)16-9(15)12-5-6(11)4-7(12)8(13)14/h6-7H,4-5H2,1-3H3,(H,13,14)/t6-,7?/m1/s1. The summed E-state index contributed by atoms with van der Waals surface area (Å²) in [6, 6.07) is -1.12. The summed E-state index contributed by atoms with van der Waals surface area (Å²) < 4.78 is 18.1. The molecule has 1 unspecified atom stereocenters. The highest BCUT2D eigenvalue weighted by molar-refractivity contribution is 5.81. The van der Waals surface area contributed by atoms with Crippen LogP contribution in [0.2, 0.25) is 0 Å². The van der Waals surface area contributed by atoms with E-state index in [-0.39, 0.29) is 13.0 Å². The molecule has 1 aliphatic rings. The highest BCUT2D eigenvalue weighted by Gasteiger charge is 2.41. The van der Waals surface area contributed by atoms with Gasteiger partial charge in [0.2, 0.25) is 0 Å². The fourth-order valence-corrected chi connectivity index (χ4v) is 1.54. The van der Waals surface area contributed by atoms with E-state index in [0.717, 1.165) is 4.90 Å². The van der Waals surface area contributed by atoms with Crippen molar-refractivity contribution in [1.29, 1.82) is 0 Å². The average molecular weight is 233 g/mol. The molecule has 2 atom stereocenters. The monoisotopic (exact) mass is 233 g/mol. The third-order valence-electron chi connectivity index (χ3n) is 2.16. The zero-order chi connectivity index (χ0) is 12.5. The number of likely N-dealkylation sites (tertiary alicyclic amines) is 1. The van der Waals surface area contributed by atoms with Crippen molar-refractivity contribution in [2.45, 2.75) is 45.0 Å². The van der Waals surface area contributed by atoms with Crippen LogP contribution in [0.15, 0.2) is 0 Å². The van der Waals surface area contributed by atoms with Gasteiger partial charge in [-0.25, -0.2) is 14.0 Å². The summed E-state index contributed by atoms with van der Waals surface area (Å²) in [6.45, 7) is 4.79. The van der Waals surface area contributed by atoms with Gasteiger partial charge in [-0.2, -0.15) is 0 Å². The highest BCUT2D eigenvalue weighted by atomic mass is 19.1. The predicted molar refractivity (Wildman–Crippen MR) is 53.9 cm³/mol. The van der Waals surface area contributed by atoms with Crippen molar-refractivity contribution in [3.63, 3.8) is 0 Å². The molecule has 0 aliphatic carbocycles. The molecule has 0 aromatic heterocycles. The number of halogens is 1. The van der Waals surface area contributed by atoms with Crippen LogP contribution < -0.4 is 0 Å². The van der Waals surface area contributed by atoms with Crippen molar-refractivity contribution in [3.8, 4) is 0 Å². The molecule has 0 aromatic carbocycles. The SMILES string of the molecule is CC(C)(C)OC(=O)N1C[C@H](F)CC1C(=O)O. The van der Waals surface area contributed by atoms with Crippen molar-refractivity contribution in [2.75, 3.05) is 6.54 Å². The van der Waals surface area contributed by atoms with E-state index in [4.69, 9.17) is 9.84 Å². The number of carbonyl (C=O) groups excluding carboxylic acids is 1. The number of aliphatic carboxylic acids is 1. The number of nitrogens with zero attached hydrogens (tertiary/aromatic N) is 1. The number of ether oxygens (including phenoxy) is 1. The molecule has 6 heteroatoms. The Kier molecular flexibility index (Phi) is 3.40. The first-order valence-corrected chi connectivity index (χ1v) is 5.07. The van der Waals surface area contributed by atoms with Crippen LogP contribution in [0.4, 0.5) is 9.18 Å². The molecule has 1 saturated heterocycles. The zero-order valence-electron chi connectivity index (χ0n) is 9.57. The van der Waals surface area contributed by atoms with Gasteiger partial charge < -0.3 is 9.84 Å². The maximum absolute atomic E-state index is 13.1.